The number of H-pyrrole nitrogens is 1. The predicted molar refractivity (Wildman–Crippen MR) is 105 cm³/mol. The summed E-state index contributed by atoms with van der Waals surface area (Å²) < 4.78 is 22.9. The van der Waals surface area contributed by atoms with Gasteiger partial charge in [-0.3, -0.25) is 9.59 Å². The molecule has 156 valence electrons. The molecule has 0 radical (unpaired) electrons. The Bertz CT molecular complexity index is 889. The quantitative estimate of drug-likeness (QED) is 0.394. The highest BCUT2D eigenvalue weighted by atomic mass is 19.1. The second kappa shape index (κ2) is 9.97. The Hall–Kier alpha value is -3.00. The minimum Gasteiger partial charge on any atom is -0.464 e. The number of halogens is 1. The van der Waals surface area contributed by atoms with Crippen LogP contribution in [0.1, 0.15) is 48.9 Å². The molecule has 1 heterocycles. The number of Topliss-reactive ketones (excluding diaryl/α,β-unsaturated/α-hetero) is 1. The fourth-order valence-electron chi connectivity index (χ4n) is 3.15. The Morgan fingerprint density at radius 1 is 1.10 bits per heavy atom. The molecular formula is C21H25FN2O5. The van der Waals surface area contributed by atoms with E-state index in [-0.39, 0.29) is 29.5 Å². The van der Waals surface area contributed by atoms with Gasteiger partial charge in [0.1, 0.15) is 11.5 Å². The molecule has 0 bridgehead atoms. The van der Waals surface area contributed by atoms with Gasteiger partial charge in [-0.15, -0.1) is 0 Å². The van der Waals surface area contributed by atoms with Gasteiger partial charge < -0.3 is 19.4 Å². The molecule has 0 unspecified atom stereocenters. The molecule has 2 rings (SSSR count). The van der Waals surface area contributed by atoms with Gasteiger partial charge in [-0.25, -0.2) is 9.18 Å². The third-order valence-electron chi connectivity index (χ3n) is 4.60. The summed E-state index contributed by atoms with van der Waals surface area (Å²) in [4.78, 5) is 42.0. The number of ether oxygens (including phenoxy) is 2. The summed E-state index contributed by atoms with van der Waals surface area (Å²) in [6.45, 7) is 3.88. The standard InChI is InChI=1S/C21H25FN2O5/c1-13-18(14(2)23-19(13)21(27)29-4)17(25)12-24(10-5-11-28-3)20(26)15-6-8-16(22)9-7-15/h6-9,23H,5,10-12H2,1-4H3. The number of rotatable bonds is 9. The largest absolute Gasteiger partial charge is 0.464 e. The molecule has 1 aromatic heterocycles. The van der Waals surface area contributed by atoms with Gasteiger partial charge in [0.05, 0.1) is 13.7 Å². The first-order chi connectivity index (χ1) is 13.8. The third-order valence-corrected chi connectivity index (χ3v) is 4.60. The summed E-state index contributed by atoms with van der Waals surface area (Å²) in [6.07, 6.45) is 0.537. The number of benzene rings is 1. The molecule has 0 aliphatic heterocycles. The minimum atomic E-state index is -0.566. The van der Waals surface area contributed by atoms with E-state index in [2.05, 4.69) is 4.98 Å². The molecule has 0 aliphatic carbocycles. The van der Waals surface area contributed by atoms with Crippen LogP contribution in [0.5, 0.6) is 0 Å². The molecule has 0 saturated carbocycles. The maximum absolute atomic E-state index is 13.2. The molecule has 0 saturated heterocycles. The molecule has 0 aliphatic rings. The summed E-state index contributed by atoms with van der Waals surface area (Å²) in [5, 5.41) is 0. The maximum Gasteiger partial charge on any atom is 0.354 e. The summed E-state index contributed by atoms with van der Waals surface area (Å²) >= 11 is 0. The van der Waals surface area contributed by atoms with E-state index in [1.807, 2.05) is 0 Å². The van der Waals surface area contributed by atoms with Gasteiger partial charge in [0.2, 0.25) is 0 Å². The van der Waals surface area contributed by atoms with Gasteiger partial charge in [0.25, 0.3) is 5.91 Å². The minimum absolute atomic E-state index is 0.180. The topological polar surface area (TPSA) is 88.7 Å². The number of amides is 1. The van der Waals surface area contributed by atoms with Crippen LogP contribution in [0.4, 0.5) is 4.39 Å². The van der Waals surface area contributed by atoms with Crippen molar-refractivity contribution in [3.05, 3.63) is 58.2 Å². The van der Waals surface area contributed by atoms with Crippen molar-refractivity contribution in [2.24, 2.45) is 0 Å². The van der Waals surface area contributed by atoms with Crippen molar-refractivity contribution in [3.63, 3.8) is 0 Å². The Labute approximate surface area is 168 Å². The lowest BCUT2D eigenvalue weighted by Gasteiger charge is -2.22. The van der Waals surface area contributed by atoms with E-state index < -0.39 is 11.8 Å². The number of esters is 1. The lowest BCUT2D eigenvalue weighted by atomic mass is 10.0. The molecule has 1 aromatic carbocycles. The van der Waals surface area contributed by atoms with Gasteiger partial charge in [-0.05, 0) is 50.1 Å². The summed E-state index contributed by atoms with van der Waals surface area (Å²) in [5.74, 6) is -1.70. The number of aromatic nitrogens is 1. The molecule has 0 fully saturated rings. The van der Waals surface area contributed by atoms with Crippen LogP contribution in [0.15, 0.2) is 24.3 Å². The van der Waals surface area contributed by atoms with Crippen LogP contribution in [0.25, 0.3) is 0 Å². The highest BCUT2D eigenvalue weighted by molar-refractivity contribution is 6.05. The fourth-order valence-corrected chi connectivity index (χ4v) is 3.15. The first-order valence-corrected chi connectivity index (χ1v) is 9.14. The predicted octanol–water partition coefficient (Wildman–Crippen LogP) is 2.92. The Balaban J connectivity index is 2.27. The monoisotopic (exact) mass is 404 g/mol. The van der Waals surface area contributed by atoms with E-state index in [0.29, 0.717) is 36.4 Å². The zero-order valence-electron chi connectivity index (χ0n) is 17.0. The van der Waals surface area contributed by atoms with E-state index >= 15 is 0 Å². The molecule has 1 N–H and O–H groups in total. The van der Waals surface area contributed by atoms with Crippen molar-refractivity contribution in [1.82, 2.24) is 9.88 Å². The van der Waals surface area contributed by atoms with Gasteiger partial charge in [0, 0.05) is 37.1 Å². The van der Waals surface area contributed by atoms with Gasteiger partial charge in [0.15, 0.2) is 5.78 Å². The van der Waals surface area contributed by atoms with Crippen LogP contribution in [0, 0.1) is 19.7 Å². The van der Waals surface area contributed by atoms with Gasteiger partial charge >= 0.3 is 5.97 Å². The number of methoxy groups -OCH3 is 2. The van der Waals surface area contributed by atoms with E-state index in [1.165, 1.54) is 36.3 Å². The van der Waals surface area contributed by atoms with Crippen LogP contribution < -0.4 is 0 Å². The molecule has 0 spiro atoms. The average Bonchev–Trinajstić information content (AvgIpc) is 3.00. The van der Waals surface area contributed by atoms with Crippen LogP contribution in [0.2, 0.25) is 0 Å². The molecular weight excluding hydrogens is 379 g/mol. The summed E-state index contributed by atoms with van der Waals surface area (Å²) in [6, 6.07) is 5.16. The summed E-state index contributed by atoms with van der Waals surface area (Å²) in [5.41, 5.74) is 1.86. The Morgan fingerprint density at radius 3 is 2.34 bits per heavy atom. The first kappa shape index (κ1) is 22.3. The number of hydrogen-bond donors (Lipinski definition) is 1. The van der Waals surface area contributed by atoms with Crippen molar-refractivity contribution in [3.8, 4) is 0 Å². The molecule has 7 nitrogen and oxygen atoms in total. The number of ketones is 1. The van der Waals surface area contributed by atoms with Gasteiger partial charge in [-0.2, -0.15) is 0 Å². The highest BCUT2D eigenvalue weighted by Crippen LogP contribution is 2.20. The van der Waals surface area contributed by atoms with Crippen molar-refractivity contribution in [1.29, 1.82) is 0 Å². The SMILES string of the molecule is COCCCN(CC(=O)c1c(C)[nH]c(C(=O)OC)c1C)C(=O)c1ccc(F)cc1. The zero-order chi connectivity index (χ0) is 21.6. The number of aryl methyl sites for hydroxylation is 1. The van der Waals surface area contributed by atoms with Crippen molar-refractivity contribution < 1.29 is 28.2 Å². The fraction of sp³-hybridized carbons (Fsp3) is 0.381. The van der Waals surface area contributed by atoms with Crippen LogP contribution in [-0.4, -0.2) is 61.5 Å². The molecule has 0 atom stereocenters. The summed E-state index contributed by atoms with van der Waals surface area (Å²) in [7, 11) is 2.82. The highest BCUT2D eigenvalue weighted by Gasteiger charge is 2.25. The third kappa shape index (κ3) is 5.29. The second-order valence-corrected chi connectivity index (χ2v) is 6.62. The Morgan fingerprint density at radius 2 is 1.76 bits per heavy atom. The van der Waals surface area contributed by atoms with E-state index in [4.69, 9.17) is 9.47 Å². The number of carbonyl (C=O) groups excluding carboxylic acids is 3. The molecule has 2 aromatic rings. The van der Waals surface area contributed by atoms with E-state index in [9.17, 15) is 18.8 Å². The number of nitrogens with one attached hydrogen (secondary N) is 1. The van der Waals surface area contributed by atoms with Gasteiger partial charge in [-0.1, -0.05) is 0 Å². The molecule has 1 amide bonds. The van der Waals surface area contributed by atoms with Crippen LogP contribution in [-0.2, 0) is 9.47 Å². The van der Waals surface area contributed by atoms with Crippen LogP contribution >= 0.6 is 0 Å². The van der Waals surface area contributed by atoms with Crippen molar-refractivity contribution >= 4 is 17.7 Å². The lowest BCUT2D eigenvalue weighted by Crippen LogP contribution is -2.37. The zero-order valence-corrected chi connectivity index (χ0v) is 17.0. The number of hydrogen-bond acceptors (Lipinski definition) is 5. The second-order valence-electron chi connectivity index (χ2n) is 6.62. The molecule has 29 heavy (non-hydrogen) atoms. The number of nitrogens with zero attached hydrogens (tertiary/aromatic N) is 1. The van der Waals surface area contributed by atoms with E-state index in [0.717, 1.165) is 0 Å². The average molecular weight is 404 g/mol. The van der Waals surface area contributed by atoms with Crippen molar-refractivity contribution in [2.75, 3.05) is 33.9 Å². The smallest absolute Gasteiger partial charge is 0.354 e. The number of carbonyl (C=O) groups is 3. The van der Waals surface area contributed by atoms with E-state index in [1.54, 1.807) is 21.0 Å². The van der Waals surface area contributed by atoms with Crippen molar-refractivity contribution in [2.45, 2.75) is 20.3 Å². The Kier molecular flexibility index (Phi) is 7.67. The maximum atomic E-state index is 13.2. The normalized spacial score (nSPS) is 10.7. The number of aromatic amines is 1. The first-order valence-electron chi connectivity index (χ1n) is 9.14. The molecule has 8 heteroatoms. The van der Waals surface area contributed by atoms with Crippen LogP contribution in [0.3, 0.4) is 0 Å². The lowest BCUT2D eigenvalue weighted by molar-refractivity contribution is 0.0593.